The highest BCUT2D eigenvalue weighted by atomic mass is 16.1. The molecule has 4 nitrogen and oxygen atoms in total. The summed E-state index contributed by atoms with van der Waals surface area (Å²) in [6.45, 7) is 3.56. The third-order valence-corrected chi connectivity index (χ3v) is 4.84. The van der Waals surface area contributed by atoms with E-state index in [1.54, 1.807) is 19.1 Å². The molecule has 1 aromatic heterocycles. The van der Waals surface area contributed by atoms with Gasteiger partial charge in [0.2, 0.25) is 0 Å². The average Bonchev–Trinajstić information content (AvgIpc) is 3.27. The summed E-state index contributed by atoms with van der Waals surface area (Å²) >= 11 is 0. The second-order valence-electron chi connectivity index (χ2n) is 6.42. The van der Waals surface area contributed by atoms with Crippen LogP contribution in [0.15, 0.2) is 30.3 Å². The van der Waals surface area contributed by atoms with E-state index >= 15 is 0 Å². The first kappa shape index (κ1) is 16.0. The number of benzene rings is 1. The van der Waals surface area contributed by atoms with Gasteiger partial charge >= 0.3 is 0 Å². The molecule has 0 aliphatic heterocycles. The van der Waals surface area contributed by atoms with E-state index in [1.807, 2.05) is 25.1 Å². The van der Waals surface area contributed by atoms with Crippen LogP contribution in [0.5, 0.6) is 0 Å². The molecule has 2 atom stereocenters. The van der Waals surface area contributed by atoms with Gasteiger partial charge in [-0.05, 0) is 62.9 Å². The zero-order chi connectivity index (χ0) is 17.3. The monoisotopic (exact) mass is 317 g/mol. The van der Waals surface area contributed by atoms with Crippen LogP contribution in [0.3, 0.4) is 0 Å². The van der Waals surface area contributed by atoms with Gasteiger partial charge in [-0.15, -0.1) is 0 Å². The molecule has 1 aliphatic carbocycles. The van der Waals surface area contributed by atoms with Crippen LogP contribution in [-0.2, 0) is 0 Å². The van der Waals surface area contributed by atoms with Crippen molar-refractivity contribution in [3.8, 4) is 17.8 Å². The molecular formula is C20H19N3O. The average molecular weight is 317 g/mol. The highest BCUT2D eigenvalue weighted by Gasteiger charge is 2.40. The number of hydrogen-bond acceptors (Lipinski definition) is 3. The lowest BCUT2D eigenvalue weighted by atomic mass is 10.1. The standard InChI is InChI=1S/C20H19N3O/c1-13-18(14(2)24)11-20(19-10-16(19)4-3-9-21)23(13)17-7-5-15(12-22)6-8-17/h5-8,11,16,19H,3-4,10H2,1-2H3/t16?,19-/m1/s1. The maximum Gasteiger partial charge on any atom is 0.161 e. The fourth-order valence-corrected chi connectivity index (χ4v) is 3.47. The second kappa shape index (κ2) is 6.34. The first-order valence-electron chi connectivity index (χ1n) is 8.17. The smallest absolute Gasteiger partial charge is 0.161 e. The molecule has 1 fully saturated rings. The fourth-order valence-electron chi connectivity index (χ4n) is 3.47. The van der Waals surface area contributed by atoms with E-state index in [0.29, 0.717) is 23.8 Å². The normalized spacial score (nSPS) is 18.7. The summed E-state index contributed by atoms with van der Waals surface area (Å²) in [6, 6.07) is 13.8. The van der Waals surface area contributed by atoms with Gasteiger partial charge in [-0.1, -0.05) is 0 Å². The minimum atomic E-state index is 0.0652. The van der Waals surface area contributed by atoms with Gasteiger partial charge in [0.05, 0.1) is 17.7 Å². The third kappa shape index (κ3) is 2.84. The lowest BCUT2D eigenvalue weighted by Gasteiger charge is -2.12. The van der Waals surface area contributed by atoms with Crippen LogP contribution in [-0.4, -0.2) is 10.4 Å². The lowest BCUT2D eigenvalue weighted by molar-refractivity contribution is 0.101. The molecule has 3 rings (SSSR count). The minimum absolute atomic E-state index is 0.0652. The van der Waals surface area contributed by atoms with Crippen LogP contribution in [0.4, 0.5) is 0 Å². The number of nitrogens with zero attached hydrogens (tertiary/aromatic N) is 3. The number of ketones is 1. The van der Waals surface area contributed by atoms with Crippen molar-refractivity contribution < 1.29 is 4.79 Å². The van der Waals surface area contributed by atoms with Crippen molar-refractivity contribution in [2.75, 3.05) is 0 Å². The summed E-state index contributed by atoms with van der Waals surface area (Å²) in [6.07, 6.45) is 2.56. The van der Waals surface area contributed by atoms with Crippen molar-refractivity contribution in [2.45, 2.75) is 39.0 Å². The predicted molar refractivity (Wildman–Crippen MR) is 90.9 cm³/mol. The Hall–Kier alpha value is -2.85. The van der Waals surface area contributed by atoms with Crippen molar-refractivity contribution in [1.82, 2.24) is 4.57 Å². The van der Waals surface area contributed by atoms with E-state index < -0.39 is 0 Å². The molecule has 0 radical (unpaired) electrons. The van der Waals surface area contributed by atoms with Gasteiger partial charge in [-0.3, -0.25) is 4.79 Å². The number of carbonyl (C=O) groups is 1. The van der Waals surface area contributed by atoms with E-state index in [1.165, 1.54) is 0 Å². The number of Topliss-reactive ketones (excluding diaryl/α,β-unsaturated/α-hetero) is 1. The minimum Gasteiger partial charge on any atom is -0.317 e. The van der Waals surface area contributed by atoms with Crippen LogP contribution in [0, 0.1) is 35.5 Å². The summed E-state index contributed by atoms with van der Waals surface area (Å²) < 4.78 is 2.13. The fraction of sp³-hybridized carbons (Fsp3) is 0.350. The Kier molecular flexibility index (Phi) is 4.23. The predicted octanol–water partition coefficient (Wildman–Crippen LogP) is 4.27. The van der Waals surface area contributed by atoms with Crippen molar-refractivity contribution >= 4 is 5.78 Å². The van der Waals surface area contributed by atoms with E-state index in [0.717, 1.165) is 35.5 Å². The maximum atomic E-state index is 12.0. The third-order valence-electron chi connectivity index (χ3n) is 4.84. The van der Waals surface area contributed by atoms with Gasteiger partial charge in [-0.25, -0.2) is 0 Å². The van der Waals surface area contributed by atoms with Gasteiger partial charge in [0, 0.05) is 35.0 Å². The summed E-state index contributed by atoms with van der Waals surface area (Å²) in [5, 5.41) is 17.7. The molecule has 1 aromatic carbocycles. The Bertz CT molecular complexity index is 862. The topological polar surface area (TPSA) is 69.6 Å². The summed E-state index contributed by atoms with van der Waals surface area (Å²) in [5.41, 5.74) is 4.42. The zero-order valence-electron chi connectivity index (χ0n) is 13.9. The van der Waals surface area contributed by atoms with Crippen LogP contribution in [0.25, 0.3) is 5.69 Å². The van der Waals surface area contributed by atoms with Gasteiger partial charge in [0.15, 0.2) is 5.78 Å². The molecule has 4 heteroatoms. The van der Waals surface area contributed by atoms with Gasteiger partial charge in [0.25, 0.3) is 0 Å². The second-order valence-corrected chi connectivity index (χ2v) is 6.42. The molecule has 1 heterocycles. The van der Waals surface area contributed by atoms with Gasteiger partial charge < -0.3 is 4.57 Å². The molecular weight excluding hydrogens is 298 g/mol. The lowest BCUT2D eigenvalue weighted by Crippen LogP contribution is -2.03. The van der Waals surface area contributed by atoms with Crippen LogP contribution in [0.1, 0.15) is 59.4 Å². The highest BCUT2D eigenvalue weighted by molar-refractivity contribution is 5.95. The molecule has 0 saturated heterocycles. The molecule has 0 spiro atoms. The number of nitriles is 2. The molecule has 0 amide bonds. The Morgan fingerprint density at radius 2 is 2.00 bits per heavy atom. The van der Waals surface area contributed by atoms with E-state index in [9.17, 15) is 4.79 Å². The highest BCUT2D eigenvalue weighted by Crippen LogP contribution is 2.51. The van der Waals surface area contributed by atoms with E-state index in [4.69, 9.17) is 10.5 Å². The van der Waals surface area contributed by atoms with Crippen molar-refractivity contribution in [2.24, 2.45) is 5.92 Å². The summed E-state index contributed by atoms with van der Waals surface area (Å²) in [7, 11) is 0. The van der Waals surface area contributed by atoms with Crippen molar-refractivity contribution in [1.29, 1.82) is 10.5 Å². The molecule has 1 aliphatic rings. The first-order chi connectivity index (χ1) is 11.6. The quantitative estimate of drug-likeness (QED) is 0.773. The van der Waals surface area contributed by atoms with E-state index in [-0.39, 0.29) is 5.78 Å². The molecule has 24 heavy (non-hydrogen) atoms. The summed E-state index contributed by atoms with van der Waals surface area (Å²) in [4.78, 5) is 12.0. The number of hydrogen-bond donors (Lipinski definition) is 0. The van der Waals surface area contributed by atoms with Crippen LogP contribution in [0.2, 0.25) is 0 Å². The zero-order valence-corrected chi connectivity index (χ0v) is 13.9. The Morgan fingerprint density at radius 3 is 2.58 bits per heavy atom. The Balaban J connectivity index is 2.02. The molecule has 0 bridgehead atoms. The molecule has 2 aromatic rings. The molecule has 120 valence electrons. The Morgan fingerprint density at radius 1 is 1.29 bits per heavy atom. The van der Waals surface area contributed by atoms with E-state index in [2.05, 4.69) is 16.7 Å². The van der Waals surface area contributed by atoms with Crippen molar-refractivity contribution in [3.05, 3.63) is 52.8 Å². The molecule has 0 N–H and O–H groups in total. The number of carbonyl (C=O) groups excluding carboxylic acids is 1. The first-order valence-corrected chi connectivity index (χ1v) is 8.17. The number of aromatic nitrogens is 1. The summed E-state index contributed by atoms with van der Waals surface area (Å²) in [5.74, 6) is 0.993. The molecule has 1 unspecified atom stereocenters. The van der Waals surface area contributed by atoms with Gasteiger partial charge in [-0.2, -0.15) is 10.5 Å². The van der Waals surface area contributed by atoms with Crippen LogP contribution >= 0.6 is 0 Å². The largest absolute Gasteiger partial charge is 0.317 e. The SMILES string of the molecule is CC(=O)c1cc([C@@H]2CC2CCC#N)n(-c2ccc(C#N)cc2)c1C. The number of rotatable bonds is 5. The van der Waals surface area contributed by atoms with Crippen LogP contribution < -0.4 is 0 Å². The maximum absolute atomic E-state index is 12.0. The molecule has 1 saturated carbocycles. The Labute approximate surface area is 141 Å². The van der Waals surface area contributed by atoms with Crippen molar-refractivity contribution in [3.63, 3.8) is 0 Å². The van der Waals surface area contributed by atoms with Gasteiger partial charge in [0.1, 0.15) is 0 Å².